The van der Waals surface area contributed by atoms with Crippen molar-refractivity contribution in [2.24, 2.45) is 5.73 Å². The second-order valence-electron chi connectivity index (χ2n) is 4.35. The van der Waals surface area contributed by atoms with E-state index in [1.807, 2.05) is 24.3 Å². The SMILES string of the molecule is CC(C)Sc1ccc(N(C)C(=O)C(N)CO)cc1. The molecule has 100 valence electrons. The maximum Gasteiger partial charge on any atom is 0.246 e. The van der Waals surface area contributed by atoms with Crippen LogP contribution in [-0.2, 0) is 4.79 Å². The van der Waals surface area contributed by atoms with Gasteiger partial charge < -0.3 is 15.7 Å². The Hall–Kier alpha value is -1.04. The second-order valence-corrected chi connectivity index (χ2v) is 6.00. The van der Waals surface area contributed by atoms with E-state index in [4.69, 9.17) is 10.8 Å². The molecule has 0 saturated carbocycles. The fourth-order valence-corrected chi connectivity index (χ4v) is 2.31. The number of nitrogens with two attached hydrogens (primary N) is 1. The second kappa shape index (κ2) is 6.78. The quantitative estimate of drug-likeness (QED) is 0.794. The van der Waals surface area contributed by atoms with E-state index in [1.165, 1.54) is 9.80 Å². The Morgan fingerprint density at radius 2 is 1.94 bits per heavy atom. The van der Waals surface area contributed by atoms with Crippen LogP contribution in [0.5, 0.6) is 0 Å². The largest absolute Gasteiger partial charge is 0.394 e. The van der Waals surface area contributed by atoms with Gasteiger partial charge in [0.25, 0.3) is 0 Å². The van der Waals surface area contributed by atoms with Crippen LogP contribution >= 0.6 is 11.8 Å². The molecule has 0 radical (unpaired) electrons. The number of aliphatic hydroxyl groups is 1. The van der Waals surface area contributed by atoms with Gasteiger partial charge >= 0.3 is 0 Å². The Bertz CT molecular complexity index is 392. The lowest BCUT2D eigenvalue weighted by molar-refractivity contribution is -0.120. The van der Waals surface area contributed by atoms with E-state index in [-0.39, 0.29) is 12.5 Å². The number of benzene rings is 1. The summed E-state index contributed by atoms with van der Waals surface area (Å²) in [5, 5.41) is 9.39. The molecule has 4 nitrogen and oxygen atoms in total. The average Bonchev–Trinajstić information content (AvgIpc) is 2.36. The summed E-state index contributed by atoms with van der Waals surface area (Å²) in [6.45, 7) is 3.92. The van der Waals surface area contributed by atoms with E-state index >= 15 is 0 Å². The molecule has 1 aromatic rings. The average molecular weight is 268 g/mol. The lowest BCUT2D eigenvalue weighted by atomic mass is 10.2. The zero-order chi connectivity index (χ0) is 13.7. The Morgan fingerprint density at radius 3 is 2.39 bits per heavy atom. The normalized spacial score (nSPS) is 12.6. The number of aliphatic hydroxyl groups excluding tert-OH is 1. The van der Waals surface area contributed by atoms with Crippen molar-refractivity contribution in [2.75, 3.05) is 18.6 Å². The van der Waals surface area contributed by atoms with Crippen LogP contribution in [0.15, 0.2) is 29.2 Å². The first kappa shape index (κ1) is 15.0. The Morgan fingerprint density at radius 1 is 1.39 bits per heavy atom. The summed E-state index contributed by atoms with van der Waals surface area (Å²) < 4.78 is 0. The summed E-state index contributed by atoms with van der Waals surface area (Å²) >= 11 is 1.77. The summed E-state index contributed by atoms with van der Waals surface area (Å²) in [7, 11) is 1.66. The molecule has 1 aromatic carbocycles. The molecule has 0 bridgehead atoms. The van der Waals surface area contributed by atoms with Gasteiger partial charge in [0.05, 0.1) is 6.61 Å². The van der Waals surface area contributed by atoms with Crippen molar-refractivity contribution < 1.29 is 9.90 Å². The number of carbonyl (C=O) groups excluding carboxylic acids is 1. The highest BCUT2D eigenvalue weighted by molar-refractivity contribution is 7.99. The molecule has 1 amide bonds. The van der Waals surface area contributed by atoms with Gasteiger partial charge in [-0.25, -0.2) is 0 Å². The number of carbonyl (C=O) groups is 1. The lowest BCUT2D eigenvalue weighted by Crippen LogP contribution is -2.44. The molecule has 18 heavy (non-hydrogen) atoms. The Labute approximate surface area is 112 Å². The lowest BCUT2D eigenvalue weighted by Gasteiger charge is -2.20. The fourth-order valence-electron chi connectivity index (χ4n) is 1.47. The number of likely N-dealkylation sites (N-methyl/N-ethyl adjacent to an activating group) is 1. The van der Waals surface area contributed by atoms with Crippen molar-refractivity contribution in [1.29, 1.82) is 0 Å². The van der Waals surface area contributed by atoms with Gasteiger partial charge in [0, 0.05) is 22.9 Å². The molecule has 0 aromatic heterocycles. The van der Waals surface area contributed by atoms with Crippen LogP contribution in [-0.4, -0.2) is 36.0 Å². The van der Waals surface area contributed by atoms with Gasteiger partial charge in [-0.3, -0.25) is 4.79 Å². The van der Waals surface area contributed by atoms with Gasteiger partial charge in [0.2, 0.25) is 5.91 Å². The van der Waals surface area contributed by atoms with Crippen LogP contribution in [0.25, 0.3) is 0 Å². The topological polar surface area (TPSA) is 66.6 Å². The number of hydrogen-bond acceptors (Lipinski definition) is 4. The van der Waals surface area contributed by atoms with Gasteiger partial charge in [-0.05, 0) is 24.3 Å². The van der Waals surface area contributed by atoms with Gasteiger partial charge in [-0.1, -0.05) is 13.8 Å². The first-order valence-electron chi connectivity index (χ1n) is 5.86. The van der Waals surface area contributed by atoms with Gasteiger partial charge in [-0.2, -0.15) is 0 Å². The van der Waals surface area contributed by atoms with E-state index in [2.05, 4.69) is 13.8 Å². The van der Waals surface area contributed by atoms with Crippen molar-refractivity contribution in [3.8, 4) is 0 Å². The van der Waals surface area contributed by atoms with Crippen LogP contribution in [0, 0.1) is 0 Å². The third-order valence-corrected chi connectivity index (χ3v) is 3.46. The molecule has 0 heterocycles. The summed E-state index contributed by atoms with van der Waals surface area (Å²) in [6.07, 6.45) is 0. The molecular weight excluding hydrogens is 248 g/mol. The standard InChI is InChI=1S/C13H20N2O2S/c1-9(2)18-11-6-4-10(5-7-11)15(3)13(17)12(14)8-16/h4-7,9,12,16H,8,14H2,1-3H3. The van der Waals surface area contributed by atoms with Gasteiger partial charge in [-0.15, -0.1) is 11.8 Å². The summed E-state index contributed by atoms with van der Waals surface area (Å²) in [4.78, 5) is 14.4. The zero-order valence-corrected chi connectivity index (χ0v) is 11.8. The van der Waals surface area contributed by atoms with E-state index in [0.29, 0.717) is 5.25 Å². The smallest absolute Gasteiger partial charge is 0.246 e. The van der Waals surface area contributed by atoms with Crippen LogP contribution < -0.4 is 10.6 Å². The van der Waals surface area contributed by atoms with Crippen LogP contribution in [0.4, 0.5) is 5.69 Å². The Kier molecular flexibility index (Phi) is 5.65. The highest BCUT2D eigenvalue weighted by atomic mass is 32.2. The summed E-state index contributed by atoms with van der Waals surface area (Å²) in [5.74, 6) is -0.290. The number of nitrogens with zero attached hydrogens (tertiary/aromatic N) is 1. The zero-order valence-electron chi connectivity index (χ0n) is 11.0. The molecule has 3 N–H and O–H groups in total. The minimum atomic E-state index is -0.861. The predicted molar refractivity (Wildman–Crippen MR) is 75.9 cm³/mol. The molecule has 5 heteroatoms. The predicted octanol–water partition coefficient (Wildman–Crippen LogP) is 1.47. The third-order valence-electron chi connectivity index (χ3n) is 2.44. The molecule has 0 aliphatic rings. The first-order chi connectivity index (χ1) is 8.45. The number of rotatable bonds is 5. The molecule has 0 spiro atoms. The number of hydrogen-bond donors (Lipinski definition) is 2. The van der Waals surface area contributed by atoms with E-state index in [9.17, 15) is 4.79 Å². The third kappa shape index (κ3) is 4.01. The van der Waals surface area contributed by atoms with Gasteiger partial charge in [0.15, 0.2) is 0 Å². The van der Waals surface area contributed by atoms with Crippen molar-refractivity contribution in [1.82, 2.24) is 0 Å². The molecule has 0 fully saturated rings. The number of anilines is 1. The van der Waals surface area contributed by atoms with Crippen LogP contribution in [0.1, 0.15) is 13.8 Å². The molecular formula is C13H20N2O2S. The summed E-state index contributed by atoms with van der Waals surface area (Å²) in [5.41, 5.74) is 6.28. The minimum absolute atomic E-state index is 0.290. The fraction of sp³-hybridized carbons (Fsp3) is 0.462. The minimum Gasteiger partial charge on any atom is -0.394 e. The maximum atomic E-state index is 11.8. The van der Waals surface area contributed by atoms with E-state index in [0.717, 1.165) is 5.69 Å². The van der Waals surface area contributed by atoms with E-state index < -0.39 is 6.04 Å². The van der Waals surface area contributed by atoms with Crippen LogP contribution in [0.2, 0.25) is 0 Å². The van der Waals surface area contributed by atoms with Crippen molar-refractivity contribution in [2.45, 2.75) is 30.0 Å². The van der Waals surface area contributed by atoms with Crippen molar-refractivity contribution in [3.63, 3.8) is 0 Å². The van der Waals surface area contributed by atoms with Crippen LogP contribution in [0.3, 0.4) is 0 Å². The molecule has 0 aliphatic heterocycles. The molecule has 1 rings (SSSR count). The van der Waals surface area contributed by atoms with Crippen molar-refractivity contribution >= 4 is 23.4 Å². The Balaban J connectivity index is 2.75. The molecule has 1 atom stereocenters. The molecule has 1 unspecified atom stereocenters. The van der Waals surface area contributed by atoms with Gasteiger partial charge in [0.1, 0.15) is 6.04 Å². The maximum absolute atomic E-state index is 11.8. The van der Waals surface area contributed by atoms with E-state index in [1.54, 1.807) is 18.8 Å². The highest BCUT2D eigenvalue weighted by Gasteiger charge is 2.18. The number of amides is 1. The molecule has 0 saturated heterocycles. The monoisotopic (exact) mass is 268 g/mol. The van der Waals surface area contributed by atoms with Crippen molar-refractivity contribution in [3.05, 3.63) is 24.3 Å². The molecule has 0 aliphatic carbocycles. The first-order valence-corrected chi connectivity index (χ1v) is 6.74. The highest BCUT2D eigenvalue weighted by Crippen LogP contribution is 2.25. The number of thioether (sulfide) groups is 1. The summed E-state index contributed by atoms with van der Waals surface area (Å²) in [6, 6.07) is 6.86.